The van der Waals surface area contributed by atoms with Gasteiger partial charge in [0.1, 0.15) is 0 Å². The van der Waals surface area contributed by atoms with Crippen molar-refractivity contribution in [2.24, 2.45) is 13.0 Å². The quantitative estimate of drug-likeness (QED) is 0.877. The van der Waals surface area contributed by atoms with Gasteiger partial charge < -0.3 is 10.0 Å². The first-order chi connectivity index (χ1) is 9.08. The molecule has 1 aliphatic heterocycles. The van der Waals surface area contributed by atoms with Crippen LogP contribution >= 0.6 is 0 Å². The highest BCUT2D eigenvalue weighted by atomic mass is 16.4. The van der Waals surface area contributed by atoms with Gasteiger partial charge in [-0.1, -0.05) is 0 Å². The summed E-state index contributed by atoms with van der Waals surface area (Å²) in [5.74, 6) is -0.864. The van der Waals surface area contributed by atoms with Crippen LogP contribution in [-0.2, 0) is 11.8 Å². The number of amides is 1. The summed E-state index contributed by atoms with van der Waals surface area (Å²) in [6.45, 7) is 0.835. The molecule has 6 heteroatoms. The van der Waals surface area contributed by atoms with Crippen LogP contribution in [0, 0.1) is 5.92 Å². The van der Waals surface area contributed by atoms with E-state index in [0.717, 1.165) is 18.5 Å². The van der Waals surface area contributed by atoms with Crippen LogP contribution in [0.5, 0.6) is 0 Å². The highest BCUT2D eigenvalue weighted by Crippen LogP contribution is 2.41. The van der Waals surface area contributed by atoms with E-state index in [1.807, 2.05) is 7.05 Å². The molecule has 19 heavy (non-hydrogen) atoms. The van der Waals surface area contributed by atoms with Gasteiger partial charge in [0.25, 0.3) is 5.91 Å². The van der Waals surface area contributed by atoms with E-state index in [0.29, 0.717) is 31.0 Å². The molecule has 6 nitrogen and oxygen atoms in total. The van der Waals surface area contributed by atoms with E-state index < -0.39 is 11.9 Å². The van der Waals surface area contributed by atoms with Crippen LogP contribution in [0.3, 0.4) is 0 Å². The van der Waals surface area contributed by atoms with Gasteiger partial charge in [-0.2, -0.15) is 5.10 Å². The second-order valence-electron chi connectivity index (χ2n) is 5.42. The average molecular weight is 263 g/mol. The van der Waals surface area contributed by atoms with Crippen LogP contribution in [-0.4, -0.2) is 44.8 Å². The number of carbonyl (C=O) groups is 2. The lowest BCUT2D eigenvalue weighted by atomic mass is 10.1. The second-order valence-corrected chi connectivity index (χ2v) is 5.42. The summed E-state index contributed by atoms with van der Waals surface area (Å²) in [7, 11) is 1.86. The van der Waals surface area contributed by atoms with Crippen LogP contribution in [0.15, 0.2) is 6.20 Å². The third-order valence-electron chi connectivity index (χ3n) is 4.00. The predicted octanol–water partition coefficient (Wildman–Crippen LogP) is 0.844. The number of likely N-dealkylation sites (tertiary alicyclic amines) is 1. The monoisotopic (exact) mass is 263 g/mol. The Hall–Kier alpha value is -1.85. The van der Waals surface area contributed by atoms with Crippen LogP contribution in [0.4, 0.5) is 0 Å². The molecule has 1 saturated carbocycles. The van der Waals surface area contributed by atoms with Crippen molar-refractivity contribution in [2.75, 3.05) is 13.1 Å². The van der Waals surface area contributed by atoms with Crippen molar-refractivity contribution in [3.63, 3.8) is 0 Å². The molecule has 1 unspecified atom stereocenters. The normalized spacial score (nSPS) is 22.8. The highest BCUT2D eigenvalue weighted by molar-refractivity contribution is 5.96. The summed E-state index contributed by atoms with van der Waals surface area (Å²) in [4.78, 5) is 25.0. The minimum absolute atomic E-state index is 0.0706. The number of hydrogen-bond donors (Lipinski definition) is 1. The van der Waals surface area contributed by atoms with Gasteiger partial charge in [0, 0.05) is 26.1 Å². The Bertz CT molecular complexity index is 533. The molecule has 1 saturated heterocycles. The maximum Gasteiger partial charge on any atom is 0.308 e. The molecule has 1 aromatic heterocycles. The van der Waals surface area contributed by atoms with Gasteiger partial charge in [0.2, 0.25) is 0 Å². The average Bonchev–Trinajstić information content (AvgIpc) is 2.94. The summed E-state index contributed by atoms with van der Waals surface area (Å²) in [6.07, 6.45) is 4.37. The molecule has 2 heterocycles. The summed E-state index contributed by atoms with van der Waals surface area (Å²) in [5.41, 5.74) is 1.65. The maximum atomic E-state index is 12.5. The fourth-order valence-corrected chi connectivity index (χ4v) is 2.77. The fourth-order valence-electron chi connectivity index (χ4n) is 2.77. The number of hydrogen-bond acceptors (Lipinski definition) is 3. The number of carboxylic acids is 1. The number of aliphatic carboxylic acids is 1. The van der Waals surface area contributed by atoms with E-state index in [9.17, 15) is 9.59 Å². The molecule has 0 spiro atoms. The van der Waals surface area contributed by atoms with E-state index in [2.05, 4.69) is 5.10 Å². The van der Waals surface area contributed by atoms with Gasteiger partial charge in [0.15, 0.2) is 0 Å². The van der Waals surface area contributed by atoms with E-state index >= 15 is 0 Å². The van der Waals surface area contributed by atoms with Crippen molar-refractivity contribution >= 4 is 11.9 Å². The Balaban J connectivity index is 1.79. The van der Waals surface area contributed by atoms with Crippen molar-refractivity contribution in [3.05, 3.63) is 17.5 Å². The molecule has 2 aliphatic rings. The zero-order valence-corrected chi connectivity index (χ0v) is 10.9. The second kappa shape index (κ2) is 4.36. The summed E-state index contributed by atoms with van der Waals surface area (Å²) in [6, 6.07) is 0. The number of carbonyl (C=O) groups excluding carboxylic acids is 1. The van der Waals surface area contributed by atoms with Gasteiger partial charge in [-0.3, -0.25) is 14.3 Å². The zero-order chi connectivity index (χ0) is 13.6. The first-order valence-electron chi connectivity index (χ1n) is 6.62. The van der Waals surface area contributed by atoms with E-state index in [1.165, 1.54) is 0 Å². The molecular formula is C13H17N3O3. The molecule has 3 rings (SSSR count). The van der Waals surface area contributed by atoms with Crippen LogP contribution in [0.25, 0.3) is 0 Å². The first kappa shape index (κ1) is 12.2. The zero-order valence-electron chi connectivity index (χ0n) is 10.9. The Morgan fingerprint density at radius 2 is 2.11 bits per heavy atom. The molecule has 1 aliphatic carbocycles. The van der Waals surface area contributed by atoms with Crippen LogP contribution in [0.2, 0.25) is 0 Å². The first-order valence-corrected chi connectivity index (χ1v) is 6.62. The van der Waals surface area contributed by atoms with Gasteiger partial charge >= 0.3 is 5.97 Å². The maximum absolute atomic E-state index is 12.5. The molecule has 0 aromatic carbocycles. The summed E-state index contributed by atoms with van der Waals surface area (Å²) in [5, 5.41) is 13.2. The Labute approximate surface area is 111 Å². The Kier molecular flexibility index (Phi) is 2.80. The predicted molar refractivity (Wildman–Crippen MR) is 66.8 cm³/mol. The molecule has 1 N–H and O–H groups in total. The topological polar surface area (TPSA) is 75.4 Å². The van der Waals surface area contributed by atoms with Crippen molar-refractivity contribution in [1.82, 2.24) is 14.7 Å². The van der Waals surface area contributed by atoms with Gasteiger partial charge in [-0.15, -0.1) is 0 Å². The number of rotatable bonds is 3. The van der Waals surface area contributed by atoms with E-state index in [-0.39, 0.29) is 5.91 Å². The van der Waals surface area contributed by atoms with Gasteiger partial charge in [-0.25, -0.2) is 0 Å². The molecular weight excluding hydrogens is 246 g/mol. The van der Waals surface area contributed by atoms with Gasteiger partial charge in [0.05, 0.1) is 23.4 Å². The molecule has 0 radical (unpaired) electrons. The summed E-state index contributed by atoms with van der Waals surface area (Å²) < 4.78 is 1.77. The minimum atomic E-state index is -0.816. The Morgan fingerprint density at radius 1 is 1.37 bits per heavy atom. The SMILES string of the molecule is Cn1ncc(C(=O)N2CCC(C(=O)O)C2)c1C1CC1. The number of aryl methyl sites for hydroxylation is 1. The summed E-state index contributed by atoms with van der Waals surface area (Å²) >= 11 is 0. The van der Waals surface area contributed by atoms with Gasteiger partial charge in [-0.05, 0) is 19.3 Å². The highest BCUT2D eigenvalue weighted by Gasteiger charge is 2.36. The lowest BCUT2D eigenvalue weighted by Crippen LogP contribution is -2.30. The van der Waals surface area contributed by atoms with E-state index in [4.69, 9.17) is 5.11 Å². The van der Waals surface area contributed by atoms with Crippen LogP contribution in [0.1, 0.15) is 41.2 Å². The van der Waals surface area contributed by atoms with Crippen molar-refractivity contribution < 1.29 is 14.7 Å². The third kappa shape index (κ3) is 2.11. The lowest BCUT2D eigenvalue weighted by Gasteiger charge is -2.16. The lowest BCUT2D eigenvalue weighted by molar-refractivity contribution is -0.141. The Morgan fingerprint density at radius 3 is 2.68 bits per heavy atom. The van der Waals surface area contributed by atoms with Crippen LogP contribution < -0.4 is 0 Å². The van der Waals surface area contributed by atoms with Crippen molar-refractivity contribution in [2.45, 2.75) is 25.2 Å². The standard InChI is InChI=1S/C13H17N3O3/c1-15-11(8-2-3-8)10(6-14-15)12(17)16-5-4-9(7-16)13(18)19/h6,8-9H,2-5,7H2,1H3,(H,18,19). The molecule has 1 atom stereocenters. The molecule has 0 bridgehead atoms. The number of aromatic nitrogens is 2. The minimum Gasteiger partial charge on any atom is -0.481 e. The third-order valence-corrected chi connectivity index (χ3v) is 4.00. The number of carboxylic acid groups (broad SMARTS) is 1. The largest absolute Gasteiger partial charge is 0.481 e. The van der Waals surface area contributed by atoms with Crippen molar-refractivity contribution in [1.29, 1.82) is 0 Å². The smallest absolute Gasteiger partial charge is 0.308 e. The molecule has 102 valence electrons. The molecule has 1 amide bonds. The number of nitrogens with zero attached hydrogens (tertiary/aromatic N) is 3. The molecule has 2 fully saturated rings. The molecule has 1 aromatic rings. The fraction of sp³-hybridized carbons (Fsp3) is 0.615. The van der Waals surface area contributed by atoms with Crippen molar-refractivity contribution in [3.8, 4) is 0 Å². The van der Waals surface area contributed by atoms with E-state index in [1.54, 1.807) is 15.8 Å².